The summed E-state index contributed by atoms with van der Waals surface area (Å²) in [6.45, 7) is 3.62. The monoisotopic (exact) mass is 596 g/mol. The minimum Gasteiger partial charge on any atom is -0.493 e. The molecular formula is C35H52N2O4S. The predicted molar refractivity (Wildman–Crippen MR) is 177 cm³/mol. The van der Waals surface area contributed by atoms with Crippen molar-refractivity contribution in [2.24, 2.45) is 0 Å². The number of anilines is 1. The molecule has 0 bridgehead atoms. The van der Waals surface area contributed by atoms with Crippen molar-refractivity contribution >= 4 is 23.4 Å². The van der Waals surface area contributed by atoms with Crippen molar-refractivity contribution in [3.8, 4) is 17.2 Å². The molecular weight excluding hydrogens is 544 g/mol. The minimum atomic E-state index is -0.220. The highest BCUT2D eigenvalue weighted by atomic mass is 32.2. The fourth-order valence-electron chi connectivity index (χ4n) is 5.06. The van der Waals surface area contributed by atoms with Crippen LogP contribution in [0.25, 0.3) is 0 Å². The Hall–Kier alpha value is -2.80. The molecule has 0 saturated carbocycles. The summed E-state index contributed by atoms with van der Waals surface area (Å²) in [5.74, 6) is 2.44. The molecule has 1 aliphatic rings. The summed E-state index contributed by atoms with van der Waals surface area (Å²) in [4.78, 5) is 14.8. The number of rotatable bonds is 23. The van der Waals surface area contributed by atoms with Gasteiger partial charge < -0.3 is 24.4 Å². The first-order chi connectivity index (χ1) is 20.7. The van der Waals surface area contributed by atoms with E-state index in [9.17, 15) is 4.79 Å². The summed E-state index contributed by atoms with van der Waals surface area (Å²) < 4.78 is 17.5. The molecule has 2 aromatic rings. The number of thioether (sulfide) groups is 1. The van der Waals surface area contributed by atoms with E-state index in [-0.39, 0.29) is 12.5 Å². The van der Waals surface area contributed by atoms with Gasteiger partial charge in [-0.25, -0.2) is 0 Å². The van der Waals surface area contributed by atoms with E-state index < -0.39 is 0 Å². The van der Waals surface area contributed by atoms with Crippen molar-refractivity contribution in [3.05, 3.63) is 59.6 Å². The molecule has 7 heteroatoms. The van der Waals surface area contributed by atoms with Crippen LogP contribution in [-0.2, 0) is 11.3 Å². The van der Waals surface area contributed by atoms with Gasteiger partial charge in [-0.15, -0.1) is 11.8 Å². The number of hydrogen-bond donors (Lipinski definition) is 1. The highest BCUT2D eigenvalue weighted by Gasteiger charge is 2.14. The molecule has 3 rings (SSSR count). The predicted octanol–water partition coefficient (Wildman–Crippen LogP) is 9.55. The second kappa shape index (κ2) is 21.0. The minimum absolute atomic E-state index is 0.111. The first-order valence-electron chi connectivity index (χ1n) is 16.0. The smallest absolute Gasteiger partial charge is 0.262 e. The van der Waals surface area contributed by atoms with Crippen molar-refractivity contribution in [1.29, 1.82) is 0 Å². The van der Waals surface area contributed by atoms with Gasteiger partial charge in [0.25, 0.3) is 5.91 Å². The first kappa shape index (κ1) is 33.7. The number of amides is 1. The Kier molecular flexibility index (Phi) is 16.8. The van der Waals surface area contributed by atoms with Gasteiger partial charge in [0.2, 0.25) is 5.75 Å². The lowest BCUT2D eigenvalue weighted by atomic mass is 10.0. The van der Waals surface area contributed by atoms with E-state index in [2.05, 4.69) is 28.7 Å². The lowest BCUT2D eigenvalue weighted by Crippen LogP contribution is -2.20. The van der Waals surface area contributed by atoms with Gasteiger partial charge in [-0.2, -0.15) is 0 Å². The van der Waals surface area contributed by atoms with Gasteiger partial charge in [0.05, 0.1) is 19.6 Å². The number of unbranched alkanes of at least 4 members (excludes halogenated alkanes) is 13. The zero-order valence-corrected chi connectivity index (χ0v) is 26.7. The molecule has 0 atom stereocenters. The highest BCUT2D eigenvalue weighted by Crippen LogP contribution is 2.37. The van der Waals surface area contributed by atoms with Crippen LogP contribution in [0.15, 0.2) is 54.1 Å². The average molecular weight is 597 g/mol. The molecule has 1 aliphatic heterocycles. The van der Waals surface area contributed by atoms with Crippen LogP contribution in [0.4, 0.5) is 5.69 Å². The third-order valence-electron chi connectivity index (χ3n) is 7.50. The first-order valence-corrected chi connectivity index (χ1v) is 17.1. The average Bonchev–Trinajstić information content (AvgIpc) is 3.52. The number of carbonyl (C=O) groups excluding carboxylic acids is 1. The van der Waals surface area contributed by atoms with Gasteiger partial charge in [0, 0.05) is 18.4 Å². The molecule has 0 fully saturated rings. The van der Waals surface area contributed by atoms with E-state index in [4.69, 9.17) is 14.2 Å². The molecule has 0 aliphatic carbocycles. The third kappa shape index (κ3) is 13.5. The van der Waals surface area contributed by atoms with E-state index in [0.29, 0.717) is 23.9 Å². The SMILES string of the molecule is CCCCCCCCCCCCCCCCOc1c(OC)cccc1OCC(=O)Nc1ccc(CN2C=CSC2)cc1. The Morgan fingerprint density at radius 3 is 2.02 bits per heavy atom. The van der Waals surface area contributed by atoms with E-state index in [0.717, 1.165) is 31.0 Å². The van der Waals surface area contributed by atoms with Crippen LogP contribution in [-0.4, -0.2) is 37.0 Å². The second-order valence-corrected chi connectivity index (χ2v) is 12.0. The van der Waals surface area contributed by atoms with Crippen molar-refractivity contribution in [3.63, 3.8) is 0 Å². The Balaban J connectivity index is 1.29. The van der Waals surface area contributed by atoms with Crippen LogP contribution in [0.2, 0.25) is 0 Å². The number of hydrogen-bond acceptors (Lipinski definition) is 6. The lowest BCUT2D eigenvalue weighted by molar-refractivity contribution is -0.118. The molecule has 0 radical (unpaired) electrons. The zero-order chi connectivity index (χ0) is 29.7. The van der Waals surface area contributed by atoms with Gasteiger partial charge in [-0.05, 0) is 41.7 Å². The summed E-state index contributed by atoms with van der Waals surface area (Å²) >= 11 is 1.79. The molecule has 0 aromatic heterocycles. The fraction of sp³-hybridized carbons (Fsp3) is 0.571. The van der Waals surface area contributed by atoms with Crippen LogP contribution in [0.3, 0.4) is 0 Å². The summed E-state index contributed by atoms with van der Waals surface area (Å²) in [5.41, 5.74) is 1.95. The number of nitrogens with one attached hydrogen (secondary N) is 1. The Bertz CT molecular complexity index is 1040. The van der Waals surface area contributed by atoms with Crippen LogP contribution in [0, 0.1) is 0 Å². The van der Waals surface area contributed by atoms with Gasteiger partial charge in [-0.3, -0.25) is 4.79 Å². The van der Waals surface area contributed by atoms with Crippen LogP contribution in [0.5, 0.6) is 17.2 Å². The van der Waals surface area contributed by atoms with Crippen molar-refractivity contribution in [2.45, 2.75) is 103 Å². The Morgan fingerprint density at radius 1 is 0.810 bits per heavy atom. The molecule has 232 valence electrons. The van der Waals surface area contributed by atoms with Crippen molar-refractivity contribution < 1.29 is 19.0 Å². The van der Waals surface area contributed by atoms with Crippen LogP contribution in [0.1, 0.15) is 102 Å². The molecule has 0 saturated heterocycles. The number of benzene rings is 2. The summed E-state index contributed by atoms with van der Waals surface area (Å²) in [7, 11) is 1.62. The Labute approximate surface area is 258 Å². The van der Waals surface area contributed by atoms with E-state index in [1.807, 2.05) is 42.5 Å². The molecule has 2 aromatic carbocycles. The topological polar surface area (TPSA) is 60.0 Å². The number of carbonyl (C=O) groups is 1. The van der Waals surface area contributed by atoms with E-state index in [1.54, 1.807) is 18.9 Å². The number of ether oxygens (including phenoxy) is 3. The molecule has 1 heterocycles. The molecule has 0 spiro atoms. The number of nitrogens with zero attached hydrogens (tertiary/aromatic N) is 1. The van der Waals surface area contributed by atoms with E-state index in [1.165, 1.54) is 82.6 Å². The van der Waals surface area contributed by atoms with E-state index >= 15 is 0 Å². The zero-order valence-electron chi connectivity index (χ0n) is 25.9. The summed E-state index contributed by atoms with van der Waals surface area (Å²) in [6.07, 6.45) is 20.6. The molecule has 42 heavy (non-hydrogen) atoms. The standard InChI is InChI=1S/C35H52N2O4S/c1-3-4-5-6-7-8-9-10-11-12-13-14-15-16-25-40-35-32(39-2)18-17-19-33(35)41-28-34(38)36-31-22-20-30(21-23-31)27-37-24-26-42-29-37/h17-24,26H,3-16,25,27-29H2,1-2H3,(H,36,38). The van der Waals surface area contributed by atoms with Gasteiger partial charge >= 0.3 is 0 Å². The van der Waals surface area contributed by atoms with Crippen LogP contribution >= 0.6 is 11.8 Å². The lowest BCUT2D eigenvalue weighted by Gasteiger charge is -2.16. The quantitative estimate of drug-likeness (QED) is 0.129. The third-order valence-corrected chi connectivity index (χ3v) is 8.29. The summed E-state index contributed by atoms with van der Waals surface area (Å²) in [6, 6.07) is 13.4. The van der Waals surface area contributed by atoms with Crippen molar-refractivity contribution in [2.75, 3.05) is 31.5 Å². The fourth-order valence-corrected chi connectivity index (χ4v) is 5.77. The van der Waals surface area contributed by atoms with Crippen LogP contribution < -0.4 is 19.5 Å². The molecule has 1 N–H and O–H groups in total. The molecule has 6 nitrogen and oxygen atoms in total. The highest BCUT2D eigenvalue weighted by molar-refractivity contribution is 8.02. The number of methoxy groups -OCH3 is 1. The molecule has 1 amide bonds. The second-order valence-electron chi connectivity index (χ2n) is 11.1. The Morgan fingerprint density at radius 2 is 1.43 bits per heavy atom. The largest absolute Gasteiger partial charge is 0.493 e. The number of para-hydroxylation sites is 1. The van der Waals surface area contributed by atoms with Gasteiger partial charge in [0.15, 0.2) is 18.1 Å². The summed E-state index contributed by atoms with van der Waals surface area (Å²) in [5, 5.41) is 5.02. The maximum absolute atomic E-state index is 12.6. The maximum Gasteiger partial charge on any atom is 0.262 e. The maximum atomic E-state index is 12.6. The molecule has 0 unspecified atom stereocenters. The van der Waals surface area contributed by atoms with Gasteiger partial charge in [-0.1, -0.05) is 109 Å². The normalized spacial score (nSPS) is 12.5. The van der Waals surface area contributed by atoms with Crippen molar-refractivity contribution in [1.82, 2.24) is 4.90 Å². The van der Waals surface area contributed by atoms with Gasteiger partial charge in [0.1, 0.15) is 0 Å².